The summed E-state index contributed by atoms with van der Waals surface area (Å²) in [6.07, 6.45) is -1.25. The summed E-state index contributed by atoms with van der Waals surface area (Å²) in [5.41, 5.74) is 2.61. The summed E-state index contributed by atoms with van der Waals surface area (Å²) in [5, 5.41) is 0. The first-order chi connectivity index (χ1) is 13.0. The minimum absolute atomic E-state index is 0.0648. The normalized spacial score (nSPS) is 18.1. The molecule has 0 N–H and O–H groups in total. The molecule has 140 valence electrons. The van der Waals surface area contributed by atoms with E-state index in [1.54, 1.807) is 12.1 Å². The first-order valence-electron chi connectivity index (χ1n) is 9.12. The summed E-state index contributed by atoms with van der Waals surface area (Å²) >= 11 is 0. The number of nitrogens with zero attached hydrogens (tertiary/aromatic N) is 2. The fourth-order valence-corrected chi connectivity index (χ4v) is 3.86. The van der Waals surface area contributed by atoms with Crippen LogP contribution in [0.2, 0.25) is 0 Å². The van der Waals surface area contributed by atoms with E-state index in [0.717, 1.165) is 37.3 Å². The largest absolute Gasteiger partial charge is 0.416 e. The van der Waals surface area contributed by atoms with E-state index < -0.39 is 11.7 Å². The zero-order valence-corrected chi connectivity index (χ0v) is 14.9. The standard InChI is InChI=1S/C22H21F3N2/c23-22(24,25)19-11-9-18(10-12-19)21-20-8-4-13-26(20)14-5-15-27(21)16-17-6-2-1-3-7-17/h1-4,6-13,21H,5,14-16H2/t21-/m0/s1. The number of aromatic nitrogens is 1. The molecular weight excluding hydrogens is 349 g/mol. The Hall–Kier alpha value is -2.53. The van der Waals surface area contributed by atoms with Gasteiger partial charge in [0.05, 0.1) is 11.6 Å². The van der Waals surface area contributed by atoms with Crippen LogP contribution in [-0.4, -0.2) is 16.0 Å². The molecule has 0 fully saturated rings. The second kappa shape index (κ2) is 7.24. The average molecular weight is 370 g/mol. The molecule has 0 radical (unpaired) electrons. The number of rotatable bonds is 3. The number of hydrogen-bond donors (Lipinski definition) is 0. The van der Waals surface area contributed by atoms with Crippen LogP contribution in [0.3, 0.4) is 0 Å². The van der Waals surface area contributed by atoms with E-state index in [9.17, 15) is 13.2 Å². The molecule has 2 nitrogen and oxygen atoms in total. The zero-order chi connectivity index (χ0) is 18.9. The van der Waals surface area contributed by atoms with Crippen molar-refractivity contribution >= 4 is 0 Å². The van der Waals surface area contributed by atoms with Gasteiger partial charge in [-0.05, 0) is 41.8 Å². The molecule has 0 saturated heterocycles. The lowest BCUT2D eigenvalue weighted by Gasteiger charge is -2.31. The Morgan fingerprint density at radius 1 is 0.852 bits per heavy atom. The van der Waals surface area contributed by atoms with Gasteiger partial charge in [0.15, 0.2) is 0 Å². The molecule has 27 heavy (non-hydrogen) atoms. The molecule has 0 amide bonds. The number of fused-ring (bicyclic) bond motifs is 1. The van der Waals surface area contributed by atoms with Crippen molar-refractivity contribution in [3.63, 3.8) is 0 Å². The van der Waals surface area contributed by atoms with Crippen molar-refractivity contribution in [2.75, 3.05) is 6.54 Å². The van der Waals surface area contributed by atoms with Gasteiger partial charge in [-0.3, -0.25) is 4.90 Å². The van der Waals surface area contributed by atoms with Crippen LogP contribution in [0.25, 0.3) is 0 Å². The Morgan fingerprint density at radius 3 is 2.30 bits per heavy atom. The van der Waals surface area contributed by atoms with Crippen molar-refractivity contribution in [1.82, 2.24) is 9.47 Å². The van der Waals surface area contributed by atoms with Gasteiger partial charge < -0.3 is 4.57 Å². The van der Waals surface area contributed by atoms with Crippen molar-refractivity contribution in [3.8, 4) is 0 Å². The summed E-state index contributed by atoms with van der Waals surface area (Å²) in [4.78, 5) is 2.36. The van der Waals surface area contributed by atoms with Crippen LogP contribution < -0.4 is 0 Å². The molecule has 0 saturated carbocycles. The first kappa shape index (κ1) is 17.9. The number of hydrogen-bond acceptors (Lipinski definition) is 1. The monoisotopic (exact) mass is 370 g/mol. The quantitative estimate of drug-likeness (QED) is 0.591. The Labute approximate surface area is 156 Å². The minimum atomic E-state index is -4.31. The van der Waals surface area contributed by atoms with E-state index in [4.69, 9.17) is 0 Å². The fourth-order valence-electron chi connectivity index (χ4n) is 3.86. The molecular formula is C22H21F3N2. The van der Waals surface area contributed by atoms with Gasteiger partial charge in [-0.25, -0.2) is 0 Å². The SMILES string of the molecule is FC(F)(F)c1ccc([C@H]2c3cccn3CCCN2Cc2ccccc2)cc1. The number of alkyl halides is 3. The summed E-state index contributed by atoms with van der Waals surface area (Å²) in [5.74, 6) is 0. The van der Waals surface area contributed by atoms with Gasteiger partial charge in [0.25, 0.3) is 0 Å². The van der Waals surface area contributed by atoms with Gasteiger partial charge in [0.1, 0.15) is 0 Å². The Morgan fingerprint density at radius 2 is 1.59 bits per heavy atom. The van der Waals surface area contributed by atoms with Crippen molar-refractivity contribution in [2.24, 2.45) is 0 Å². The molecule has 1 atom stereocenters. The topological polar surface area (TPSA) is 8.17 Å². The third kappa shape index (κ3) is 3.78. The van der Waals surface area contributed by atoms with Gasteiger partial charge >= 0.3 is 6.18 Å². The number of aryl methyl sites for hydroxylation is 1. The van der Waals surface area contributed by atoms with Crippen LogP contribution in [0.1, 0.15) is 34.8 Å². The smallest absolute Gasteiger partial charge is 0.350 e. The molecule has 1 aliphatic heterocycles. The Kier molecular flexibility index (Phi) is 4.79. The molecule has 2 heterocycles. The minimum Gasteiger partial charge on any atom is -0.350 e. The predicted molar refractivity (Wildman–Crippen MR) is 99.2 cm³/mol. The van der Waals surface area contributed by atoms with Crippen molar-refractivity contribution in [1.29, 1.82) is 0 Å². The summed E-state index contributed by atoms with van der Waals surface area (Å²) in [6, 6.07) is 19.8. The molecule has 0 unspecified atom stereocenters. The predicted octanol–water partition coefficient (Wildman–Crippen LogP) is 5.50. The lowest BCUT2D eigenvalue weighted by molar-refractivity contribution is -0.137. The van der Waals surface area contributed by atoms with Crippen LogP contribution in [0.15, 0.2) is 72.9 Å². The van der Waals surface area contributed by atoms with Crippen LogP contribution in [0, 0.1) is 0 Å². The van der Waals surface area contributed by atoms with Gasteiger partial charge in [-0.2, -0.15) is 13.2 Å². The Bertz CT molecular complexity index is 882. The van der Waals surface area contributed by atoms with E-state index >= 15 is 0 Å². The molecule has 4 rings (SSSR count). The second-order valence-electron chi connectivity index (χ2n) is 6.96. The maximum Gasteiger partial charge on any atom is 0.416 e. The molecule has 0 bridgehead atoms. The van der Waals surface area contributed by atoms with Crippen LogP contribution in [0.5, 0.6) is 0 Å². The third-order valence-electron chi connectivity index (χ3n) is 5.14. The van der Waals surface area contributed by atoms with Crippen LogP contribution >= 0.6 is 0 Å². The highest BCUT2D eigenvalue weighted by Gasteiger charge is 2.32. The molecule has 1 aliphatic rings. The first-order valence-corrected chi connectivity index (χ1v) is 9.12. The van der Waals surface area contributed by atoms with Gasteiger partial charge in [-0.1, -0.05) is 42.5 Å². The molecule has 5 heteroatoms. The second-order valence-corrected chi connectivity index (χ2v) is 6.96. The van der Waals surface area contributed by atoms with Crippen LogP contribution in [0.4, 0.5) is 13.2 Å². The van der Waals surface area contributed by atoms with E-state index in [1.807, 2.05) is 24.3 Å². The van der Waals surface area contributed by atoms with E-state index in [1.165, 1.54) is 17.7 Å². The summed E-state index contributed by atoms with van der Waals surface area (Å²) < 4.78 is 41.1. The maximum atomic E-state index is 13.0. The number of benzene rings is 2. The summed E-state index contributed by atoms with van der Waals surface area (Å²) in [6.45, 7) is 2.57. The zero-order valence-electron chi connectivity index (χ0n) is 14.9. The van der Waals surface area contributed by atoms with Crippen molar-refractivity contribution in [3.05, 3.63) is 95.3 Å². The van der Waals surface area contributed by atoms with Crippen molar-refractivity contribution in [2.45, 2.75) is 31.7 Å². The lowest BCUT2D eigenvalue weighted by atomic mass is 9.99. The summed E-state index contributed by atoms with van der Waals surface area (Å²) in [7, 11) is 0. The average Bonchev–Trinajstić information content (AvgIpc) is 3.04. The molecule has 2 aromatic carbocycles. The molecule has 0 spiro atoms. The highest BCUT2D eigenvalue weighted by molar-refractivity contribution is 5.33. The van der Waals surface area contributed by atoms with E-state index in [2.05, 4.69) is 33.9 Å². The molecule has 3 aromatic rings. The van der Waals surface area contributed by atoms with Gasteiger partial charge in [-0.15, -0.1) is 0 Å². The Balaban J connectivity index is 1.72. The van der Waals surface area contributed by atoms with Gasteiger partial charge in [0.2, 0.25) is 0 Å². The number of halogens is 3. The molecule has 1 aromatic heterocycles. The van der Waals surface area contributed by atoms with E-state index in [0.29, 0.717) is 0 Å². The highest BCUT2D eigenvalue weighted by atomic mass is 19.4. The maximum absolute atomic E-state index is 13.0. The third-order valence-corrected chi connectivity index (χ3v) is 5.14. The lowest BCUT2D eigenvalue weighted by Crippen LogP contribution is -2.29. The fraction of sp³-hybridized carbons (Fsp3) is 0.273. The van der Waals surface area contributed by atoms with Crippen molar-refractivity contribution < 1.29 is 13.2 Å². The highest BCUT2D eigenvalue weighted by Crippen LogP contribution is 2.35. The van der Waals surface area contributed by atoms with Crippen LogP contribution in [-0.2, 0) is 19.3 Å². The molecule has 0 aliphatic carbocycles. The van der Waals surface area contributed by atoms with Gasteiger partial charge in [0, 0.05) is 31.5 Å². The van der Waals surface area contributed by atoms with E-state index in [-0.39, 0.29) is 6.04 Å².